The van der Waals surface area contributed by atoms with Crippen LogP contribution in [0.5, 0.6) is 0 Å². The Balaban J connectivity index is 3.90. The Kier molecular flexibility index (Phi) is 32.8. The molecule has 0 heterocycles. The van der Waals surface area contributed by atoms with Crippen LogP contribution >= 0.6 is 7.82 Å². The highest BCUT2D eigenvalue weighted by Gasteiger charge is 2.22. The average molecular weight is 675 g/mol. The summed E-state index contributed by atoms with van der Waals surface area (Å²) in [4.78, 5) is 42.6. The molecule has 8 nitrogen and oxygen atoms in total. The van der Waals surface area contributed by atoms with Gasteiger partial charge < -0.3 is 19.3 Å². The van der Waals surface area contributed by atoms with Crippen molar-refractivity contribution in [1.29, 1.82) is 0 Å². The molecule has 9 heteroatoms. The Morgan fingerprint density at radius 2 is 0.935 bits per heavy atom. The summed E-state index contributed by atoms with van der Waals surface area (Å²) in [5, 5.41) is 0. The van der Waals surface area contributed by atoms with Gasteiger partial charge in [0, 0.05) is 12.8 Å². The third-order valence-electron chi connectivity index (χ3n) is 8.28. The molecule has 0 fully saturated rings. The Bertz CT molecular complexity index is 766. The number of phosphoric ester groups is 1. The molecule has 0 radical (unpaired) electrons. The van der Waals surface area contributed by atoms with Crippen molar-refractivity contribution in [2.45, 2.75) is 200 Å². The maximum Gasteiger partial charge on any atom is 0.469 e. The first kappa shape index (κ1) is 44.8. The number of phosphoric acid groups is 1. The molecule has 272 valence electrons. The first-order valence-corrected chi connectivity index (χ1v) is 20.5. The minimum absolute atomic E-state index is 0.205. The second-order valence-corrected chi connectivity index (χ2v) is 14.1. The van der Waals surface area contributed by atoms with Gasteiger partial charge in [-0.05, 0) is 32.1 Å². The number of esters is 2. The molecule has 0 unspecified atom stereocenters. The Morgan fingerprint density at radius 1 is 0.543 bits per heavy atom. The summed E-state index contributed by atoms with van der Waals surface area (Å²) in [7, 11) is -4.74. The fourth-order valence-corrected chi connectivity index (χ4v) is 5.77. The molecule has 0 rings (SSSR count). The predicted octanol–water partition coefficient (Wildman–Crippen LogP) is 11.1. The zero-order valence-electron chi connectivity index (χ0n) is 29.7. The van der Waals surface area contributed by atoms with Gasteiger partial charge in [0.2, 0.25) is 0 Å². The molecule has 0 amide bonds. The van der Waals surface area contributed by atoms with Gasteiger partial charge in [-0.3, -0.25) is 14.1 Å². The van der Waals surface area contributed by atoms with Crippen molar-refractivity contribution in [3.05, 3.63) is 12.2 Å². The minimum atomic E-state index is -4.74. The van der Waals surface area contributed by atoms with Crippen LogP contribution in [0.1, 0.15) is 194 Å². The van der Waals surface area contributed by atoms with Gasteiger partial charge in [0.05, 0.1) is 6.61 Å². The smallest absolute Gasteiger partial charge is 0.462 e. The van der Waals surface area contributed by atoms with Crippen LogP contribution in [-0.2, 0) is 28.2 Å². The van der Waals surface area contributed by atoms with E-state index in [0.717, 1.165) is 57.8 Å². The van der Waals surface area contributed by atoms with E-state index in [1.54, 1.807) is 0 Å². The van der Waals surface area contributed by atoms with Crippen LogP contribution in [0.2, 0.25) is 0 Å². The molecule has 0 aliphatic heterocycles. The molecule has 0 aromatic carbocycles. The molecule has 1 atom stereocenters. The summed E-state index contributed by atoms with van der Waals surface area (Å²) in [5.74, 6) is -0.888. The highest BCUT2D eigenvalue weighted by molar-refractivity contribution is 7.46. The number of carbonyl (C=O) groups excluding carboxylic acids is 2. The number of unbranched alkanes of at least 4 members (excludes halogenated alkanes) is 23. The van der Waals surface area contributed by atoms with E-state index in [4.69, 9.17) is 19.3 Å². The highest BCUT2D eigenvalue weighted by Crippen LogP contribution is 2.36. The van der Waals surface area contributed by atoms with Crippen molar-refractivity contribution in [1.82, 2.24) is 0 Å². The second-order valence-electron chi connectivity index (χ2n) is 12.9. The van der Waals surface area contributed by atoms with E-state index in [-0.39, 0.29) is 19.4 Å². The van der Waals surface area contributed by atoms with Crippen LogP contribution in [0, 0.1) is 0 Å². The summed E-state index contributed by atoms with van der Waals surface area (Å²) in [5.41, 5.74) is 0. The summed E-state index contributed by atoms with van der Waals surface area (Å²) >= 11 is 0. The van der Waals surface area contributed by atoms with E-state index < -0.39 is 32.5 Å². The fourth-order valence-electron chi connectivity index (χ4n) is 5.41. The van der Waals surface area contributed by atoms with Crippen molar-refractivity contribution in [2.24, 2.45) is 0 Å². The number of hydrogen-bond acceptors (Lipinski definition) is 6. The molecule has 2 N–H and O–H groups in total. The third kappa shape index (κ3) is 35.6. The van der Waals surface area contributed by atoms with Crippen molar-refractivity contribution in [2.75, 3.05) is 13.2 Å². The maximum atomic E-state index is 12.3. The molecule has 0 saturated carbocycles. The molecule has 0 spiro atoms. The lowest BCUT2D eigenvalue weighted by molar-refractivity contribution is -0.161. The van der Waals surface area contributed by atoms with Gasteiger partial charge in [-0.1, -0.05) is 161 Å². The number of ether oxygens (including phenoxy) is 2. The number of hydrogen-bond donors (Lipinski definition) is 2. The van der Waals surface area contributed by atoms with Crippen LogP contribution in [0.25, 0.3) is 0 Å². The van der Waals surface area contributed by atoms with Crippen molar-refractivity contribution in [3.63, 3.8) is 0 Å². The van der Waals surface area contributed by atoms with Gasteiger partial charge in [-0.25, -0.2) is 4.57 Å². The fraction of sp³-hybridized carbons (Fsp3) is 0.892. The largest absolute Gasteiger partial charge is 0.469 e. The number of allylic oxidation sites excluding steroid dienone is 2. The first-order valence-electron chi connectivity index (χ1n) is 19.0. The normalized spacial score (nSPS) is 12.5. The highest BCUT2D eigenvalue weighted by atomic mass is 31.2. The molecular weight excluding hydrogens is 603 g/mol. The molecule has 0 aliphatic rings. The molecule has 0 aromatic rings. The lowest BCUT2D eigenvalue weighted by Gasteiger charge is -2.18. The SMILES string of the molecule is CCCC/C=C\CCCCCCCC(=O)O[C@H](COC(=O)CCCCCCCCCCCCCCCCCCC)COP(=O)(O)O. The predicted molar refractivity (Wildman–Crippen MR) is 189 cm³/mol. The summed E-state index contributed by atoms with van der Waals surface area (Å²) in [6.45, 7) is 3.64. The second kappa shape index (κ2) is 33.7. The van der Waals surface area contributed by atoms with Crippen LogP contribution in [0.3, 0.4) is 0 Å². The maximum absolute atomic E-state index is 12.3. The lowest BCUT2D eigenvalue weighted by Crippen LogP contribution is -2.29. The zero-order valence-corrected chi connectivity index (χ0v) is 30.6. The minimum Gasteiger partial charge on any atom is -0.462 e. The van der Waals surface area contributed by atoms with E-state index in [1.165, 1.54) is 103 Å². The van der Waals surface area contributed by atoms with Gasteiger partial charge in [0.1, 0.15) is 6.61 Å². The molecule has 0 aliphatic carbocycles. The number of rotatable bonds is 35. The van der Waals surface area contributed by atoms with Gasteiger partial charge in [-0.2, -0.15) is 0 Å². The van der Waals surface area contributed by atoms with Gasteiger partial charge in [0.25, 0.3) is 0 Å². The van der Waals surface area contributed by atoms with Crippen LogP contribution in [-0.4, -0.2) is 41.0 Å². The quantitative estimate of drug-likeness (QED) is 0.0295. The van der Waals surface area contributed by atoms with Crippen molar-refractivity contribution in [3.8, 4) is 0 Å². The molecule has 0 aromatic heterocycles. The average Bonchev–Trinajstić information content (AvgIpc) is 3.02. The summed E-state index contributed by atoms with van der Waals surface area (Å²) in [6.07, 6.45) is 35.1. The van der Waals surface area contributed by atoms with Gasteiger partial charge in [-0.15, -0.1) is 0 Å². The first-order chi connectivity index (χ1) is 22.3. The topological polar surface area (TPSA) is 119 Å². The molecule has 0 bridgehead atoms. The standard InChI is InChI=1S/C37H71O8P/c1-3-5-7-9-11-13-15-16-17-18-19-20-22-23-25-27-29-31-36(38)43-33-35(34-44-46(40,41)42)45-37(39)32-30-28-26-24-21-14-12-10-8-6-4-2/h10,12,35H,3-9,11,13-34H2,1-2H3,(H2,40,41,42)/b12-10-/t35-/m1/s1. The van der Waals surface area contributed by atoms with Crippen LogP contribution < -0.4 is 0 Å². The summed E-state index contributed by atoms with van der Waals surface area (Å²) in [6, 6.07) is 0. The third-order valence-corrected chi connectivity index (χ3v) is 8.77. The van der Waals surface area contributed by atoms with E-state index in [1.807, 2.05) is 0 Å². The summed E-state index contributed by atoms with van der Waals surface area (Å²) < 4.78 is 26.3. The van der Waals surface area contributed by atoms with E-state index in [2.05, 4.69) is 30.5 Å². The van der Waals surface area contributed by atoms with E-state index in [9.17, 15) is 14.2 Å². The van der Waals surface area contributed by atoms with E-state index >= 15 is 0 Å². The Morgan fingerprint density at radius 3 is 1.39 bits per heavy atom. The van der Waals surface area contributed by atoms with Crippen molar-refractivity contribution >= 4 is 19.8 Å². The number of carbonyl (C=O) groups is 2. The van der Waals surface area contributed by atoms with Crippen molar-refractivity contribution < 1.29 is 37.9 Å². The molecule has 0 saturated heterocycles. The van der Waals surface area contributed by atoms with Gasteiger partial charge >= 0.3 is 19.8 Å². The monoisotopic (exact) mass is 674 g/mol. The Labute approximate surface area is 282 Å². The Hall–Kier alpha value is -1.21. The molecular formula is C37H71O8P. The molecule has 46 heavy (non-hydrogen) atoms. The van der Waals surface area contributed by atoms with E-state index in [0.29, 0.717) is 6.42 Å². The van der Waals surface area contributed by atoms with Crippen LogP contribution in [0.15, 0.2) is 12.2 Å². The lowest BCUT2D eigenvalue weighted by atomic mass is 10.0. The zero-order chi connectivity index (χ0) is 34.0. The van der Waals surface area contributed by atoms with Gasteiger partial charge in [0.15, 0.2) is 6.10 Å². The van der Waals surface area contributed by atoms with Crippen LogP contribution in [0.4, 0.5) is 0 Å².